The lowest BCUT2D eigenvalue weighted by molar-refractivity contribution is 0.386. The van der Waals surface area contributed by atoms with Crippen LogP contribution in [0.3, 0.4) is 0 Å². The Balaban J connectivity index is 1.80. The first-order valence-corrected chi connectivity index (χ1v) is 7.55. The van der Waals surface area contributed by atoms with Gasteiger partial charge in [-0.25, -0.2) is 0 Å². The molecule has 0 aliphatic carbocycles. The zero-order valence-corrected chi connectivity index (χ0v) is 13.9. The number of ether oxygens (including phenoxy) is 2. The SMILES string of the molecule is COc1cccc(OC)c1-c1nc(NCc2ccc(C)cc2)no1. The molecule has 3 rings (SSSR count). The smallest absolute Gasteiger partial charge is 0.267 e. The van der Waals surface area contributed by atoms with E-state index in [1.165, 1.54) is 5.56 Å². The molecule has 24 heavy (non-hydrogen) atoms. The number of anilines is 1. The zero-order chi connectivity index (χ0) is 16.9. The number of nitrogens with one attached hydrogen (secondary N) is 1. The molecular formula is C18H19N3O3. The fourth-order valence-corrected chi connectivity index (χ4v) is 2.35. The Morgan fingerprint density at radius 1 is 1.00 bits per heavy atom. The fraction of sp³-hybridized carbons (Fsp3) is 0.222. The maximum atomic E-state index is 5.36. The maximum absolute atomic E-state index is 5.36. The van der Waals surface area contributed by atoms with Crippen molar-refractivity contribution in [2.24, 2.45) is 0 Å². The minimum Gasteiger partial charge on any atom is -0.496 e. The van der Waals surface area contributed by atoms with Gasteiger partial charge in [-0.1, -0.05) is 35.9 Å². The van der Waals surface area contributed by atoms with E-state index < -0.39 is 0 Å². The van der Waals surface area contributed by atoms with Gasteiger partial charge < -0.3 is 19.3 Å². The van der Waals surface area contributed by atoms with Crippen molar-refractivity contribution >= 4 is 5.95 Å². The second kappa shape index (κ2) is 7.04. The molecule has 0 aliphatic heterocycles. The van der Waals surface area contributed by atoms with Gasteiger partial charge in [-0.15, -0.1) is 0 Å². The Labute approximate surface area is 140 Å². The van der Waals surface area contributed by atoms with Crippen molar-refractivity contribution in [1.29, 1.82) is 0 Å². The maximum Gasteiger partial charge on any atom is 0.267 e. The zero-order valence-electron chi connectivity index (χ0n) is 13.9. The molecule has 0 saturated heterocycles. The third-order valence-electron chi connectivity index (χ3n) is 3.64. The number of rotatable bonds is 6. The molecule has 1 N–H and O–H groups in total. The number of aryl methyl sites for hydroxylation is 1. The van der Waals surface area contributed by atoms with E-state index in [2.05, 4.69) is 46.6 Å². The summed E-state index contributed by atoms with van der Waals surface area (Å²) in [4.78, 5) is 4.38. The second-order valence-electron chi connectivity index (χ2n) is 5.30. The summed E-state index contributed by atoms with van der Waals surface area (Å²) in [5.74, 6) is 1.99. The van der Waals surface area contributed by atoms with Crippen LogP contribution in [0.15, 0.2) is 47.0 Å². The predicted octanol–water partition coefficient (Wildman–Crippen LogP) is 3.67. The molecule has 1 aromatic heterocycles. The molecule has 6 heteroatoms. The lowest BCUT2D eigenvalue weighted by atomic mass is 10.1. The molecule has 0 spiro atoms. The van der Waals surface area contributed by atoms with Gasteiger partial charge in [-0.3, -0.25) is 0 Å². The van der Waals surface area contributed by atoms with Crippen molar-refractivity contribution in [2.75, 3.05) is 19.5 Å². The van der Waals surface area contributed by atoms with Gasteiger partial charge in [-0.05, 0) is 29.8 Å². The van der Waals surface area contributed by atoms with Crippen LogP contribution < -0.4 is 14.8 Å². The Morgan fingerprint density at radius 2 is 1.67 bits per heavy atom. The largest absolute Gasteiger partial charge is 0.496 e. The molecule has 0 radical (unpaired) electrons. The second-order valence-corrected chi connectivity index (χ2v) is 5.30. The van der Waals surface area contributed by atoms with Crippen molar-refractivity contribution in [3.63, 3.8) is 0 Å². The molecule has 124 valence electrons. The number of nitrogens with zero attached hydrogens (tertiary/aromatic N) is 2. The summed E-state index contributed by atoms with van der Waals surface area (Å²) in [6.45, 7) is 2.67. The quantitative estimate of drug-likeness (QED) is 0.745. The predicted molar refractivity (Wildman–Crippen MR) is 91.3 cm³/mol. The van der Waals surface area contributed by atoms with Crippen LogP contribution in [-0.2, 0) is 6.54 Å². The number of benzene rings is 2. The standard InChI is InChI=1S/C18H19N3O3/c1-12-7-9-13(10-8-12)11-19-18-20-17(24-21-18)16-14(22-2)5-4-6-15(16)23-3/h4-10H,11H2,1-3H3,(H,19,21). The van der Waals surface area contributed by atoms with E-state index >= 15 is 0 Å². The summed E-state index contributed by atoms with van der Waals surface area (Å²) in [7, 11) is 3.18. The molecule has 0 saturated carbocycles. The van der Waals surface area contributed by atoms with E-state index in [0.29, 0.717) is 35.4 Å². The van der Waals surface area contributed by atoms with Gasteiger partial charge in [0, 0.05) is 6.54 Å². The normalized spacial score (nSPS) is 10.5. The van der Waals surface area contributed by atoms with Crippen LogP contribution in [-0.4, -0.2) is 24.4 Å². The number of hydrogen-bond acceptors (Lipinski definition) is 6. The number of aromatic nitrogens is 2. The van der Waals surface area contributed by atoms with Crippen molar-refractivity contribution in [1.82, 2.24) is 10.1 Å². The molecule has 6 nitrogen and oxygen atoms in total. The van der Waals surface area contributed by atoms with Crippen LogP contribution in [0.1, 0.15) is 11.1 Å². The van der Waals surface area contributed by atoms with Crippen LogP contribution in [0.2, 0.25) is 0 Å². The van der Waals surface area contributed by atoms with Crippen LogP contribution in [0.25, 0.3) is 11.5 Å². The molecule has 0 bridgehead atoms. The third kappa shape index (κ3) is 3.32. The molecular weight excluding hydrogens is 306 g/mol. The topological polar surface area (TPSA) is 69.4 Å². The number of hydrogen-bond donors (Lipinski definition) is 1. The molecule has 0 amide bonds. The van der Waals surface area contributed by atoms with Gasteiger partial charge in [-0.2, -0.15) is 4.98 Å². The molecule has 0 aliphatic rings. The average molecular weight is 325 g/mol. The summed E-state index contributed by atoms with van der Waals surface area (Å²) in [6.07, 6.45) is 0. The average Bonchev–Trinajstić information content (AvgIpc) is 3.09. The van der Waals surface area contributed by atoms with Gasteiger partial charge in [0.15, 0.2) is 0 Å². The first kappa shape index (κ1) is 15.9. The minimum absolute atomic E-state index is 0.343. The van der Waals surface area contributed by atoms with Crippen LogP contribution >= 0.6 is 0 Å². The molecule has 3 aromatic rings. The van der Waals surface area contributed by atoms with E-state index in [-0.39, 0.29) is 0 Å². The van der Waals surface area contributed by atoms with Crippen LogP contribution in [0.5, 0.6) is 11.5 Å². The summed E-state index contributed by atoms with van der Waals surface area (Å²) < 4.78 is 16.1. The molecule has 0 unspecified atom stereocenters. The van der Waals surface area contributed by atoms with E-state index in [0.717, 1.165) is 5.56 Å². The summed E-state index contributed by atoms with van der Waals surface area (Å²) in [5.41, 5.74) is 3.00. The van der Waals surface area contributed by atoms with Crippen molar-refractivity contribution < 1.29 is 14.0 Å². The molecule has 0 atom stereocenters. The number of methoxy groups -OCH3 is 2. The summed E-state index contributed by atoms with van der Waals surface area (Å²) in [6, 6.07) is 13.7. The van der Waals surface area contributed by atoms with Crippen molar-refractivity contribution in [3.05, 3.63) is 53.6 Å². The first-order valence-electron chi connectivity index (χ1n) is 7.55. The lowest BCUT2D eigenvalue weighted by Gasteiger charge is -2.09. The van der Waals surface area contributed by atoms with Gasteiger partial charge in [0.2, 0.25) is 0 Å². The van der Waals surface area contributed by atoms with E-state index in [4.69, 9.17) is 14.0 Å². The van der Waals surface area contributed by atoms with Gasteiger partial charge in [0.25, 0.3) is 11.8 Å². The highest BCUT2D eigenvalue weighted by Gasteiger charge is 2.18. The van der Waals surface area contributed by atoms with Crippen molar-refractivity contribution in [2.45, 2.75) is 13.5 Å². The highest BCUT2D eigenvalue weighted by molar-refractivity contribution is 5.71. The van der Waals surface area contributed by atoms with E-state index in [1.54, 1.807) is 14.2 Å². The Kier molecular flexibility index (Phi) is 4.65. The Morgan fingerprint density at radius 3 is 2.29 bits per heavy atom. The van der Waals surface area contributed by atoms with Crippen LogP contribution in [0, 0.1) is 6.92 Å². The lowest BCUT2D eigenvalue weighted by Crippen LogP contribution is -2.00. The van der Waals surface area contributed by atoms with Crippen molar-refractivity contribution in [3.8, 4) is 23.0 Å². The van der Waals surface area contributed by atoms with Gasteiger partial charge in [0.05, 0.1) is 14.2 Å². The summed E-state index contributed by atoms with van der Waals surface area (Å²) in [5, 5.41) is 7.12. The molecule has 2 aromatic carbocycles. The molecule has 0 fully saturated rings. The third-order valence-corrected chi connectivity index (χ3v) is 3.64. The van der Waals surface area contributed by atoms with Gasteiger partial charge >= 0.3 is 0 Å². The Hall–Kier alpha value is -3.02. The highest BCUT2D eigenvalue weighted by atomic mass is 16.5. The van der Waals surface area contributed by atoms with Crippen LogP contribution in [0.4, 0.5) is 5.95 Å². The monoisotopic (exact) mass is 325 g/mol. The minimum atomic E-state index is 0.343. The van der Waals surface area contributed by atoms with E-state index in [1.807, 2.05) is 18.2 Å². The Bertz CT molecular complexity index is 790. The summed E-state index contributed by atoms with van der Waals surface area (Å²) >= 11 is 0. The van der Waals surface area contributed by atoms with Gasteiger partial charge in [0.1, 0.15) is 17.1 Å². The highest BCUT2D eigenvalue weighted by Crippen LogP contribution is 2.37. The molecule has 1 heterocycles. The first-order chi connectivity index (χ1) is 11.7. The van der Waals surface area contributed by atoms with E-state index in [9.17, 15) is 0 Å². The fourth-order valence-electron chi connectivity index (χ4n) is 2.35.